The summed E-state index contributed by atoms with van der Waals surface area (Å²) >= 11 is 0. The zero-order valence-corrected chi connectivity index (χ0v) is 11.8. The van der Waals surface area contributed by atoms with Crippen molar-refractivity contribution in [3.05, 3.63) is 64.0 Å². The van der Waals surface area contributed by atoms with Crippen molar-refractivity contribution < 1.29 is 9.31 Å². The number of benzene rings is 2. The summed E-state index contributed by atoms with van der Waals surface area (Å²) in [5.41, 5.74) is 2.22. The third-order valence-electron chi connectivity index (χ3n) is 3.03. The molecule has 0 atom stereocenters. The number of halogens is 1. The van der Waals surface area contributed by atoms with E-state index in [9.17, 15) is 14.5 Å². The van der Waals surface area contributed by atoms with Crippen LogP contribution in [0.25, 0.3) is 0 Å². The van der Waals surface area contributed by atoms with E-state index in [0.717, 1.165) is 17.4 Å². The Kier molecular flexibility index (Phi) is 4.37. The Hall–Kier alpha value is -2.63. The molecular weight excluding hydrogens is 273 g/mol. The Morgan fingerprint density at radius 3 is 2.43 bits per heavy atom. The normalized spacial score (nSPS) is 10.2. The van der Waals surface area contributed by atoms with Crippen LogP contribution in [0.1, 0.15) is 5.56 Å². The lowest BCUT2D eigenvalue weighted by Crippen LogP contribution is -2.08. The van der Waals surface area contributed by atoms with Crippen molar-refractivity contribution in [2.24, 2.45) is 0 Å². The summed E-state index contributed by atoms with van der Waals surface area (Å²) in [6.07, 6.45) is 0. The molecular formula is C15H16FN3O2. The fraction of sp³-hybridized carbons (Fsp3) is 0.200. The van der Waals surface area contributed by atoms with Crippen LogP contribution in [-0.4, -0.2) is 19.0 Å². The van der Waals surface area contributed by atoms with E-state index >= 15 is 0 Å². The molecule has 21 heavy (non-hydrogen) atoms. The average molecular weight is 289 g/mol. The number of hydrogen-bond acceptors (Lipinski definition) is 4. The van der Waals surface area contributed by atoms with Crippen molar-refractivity contribution in [1.29, 1.82) is 0 Å². The van der Waals surface area contributed by atoms with Crippen LogP contribution in [-0.2, 0) is 6.54 Å². The molecule has 0 saturated carbocycles. The molecule has 2 rings (SSSR count). The lowest BCUT2D eigenvalue weighted by molar-refractivity contribution is -0.385. The van der Waals surface area contributed by atoms with Crippen LogP contribution in [0, 0.1) is 15.9 Å². The molecule has 0 radical (unpaired) electrons. The van der Waals surface area contributed by atoms with Gasteiger partial charge in [-0.1, -0.05) is 0 Å². The van der Waals surface area contributed by atoms with E-state index in [2.05, 4.69) is 5.32 Å². The third kappa shape index (κ3) is 3.92. The molecule has 0 bridgehead atoms. The van der Waals surface area contributed by atoms with Crippen LogP contribution in [0.4, 0.5) is 21.5 Å². The molecule has 0 spiro atoms. The topological polar surface area (TPSA) is 58.4 Å². The molecule has 2 aromatic carbocycles. The standard InChI is InChI=1S/C15H16FN3O2/c1-18(2)14-5-3-13(4-6-14)17-10-11-7-12(16)9-15(8-11)19(20)21/h3-9,17H,10H2,1-2H3. The number of rotatable bonds is 5. The van der Waals surface area contributed by atoms with Gasteiger partial charge in [-0.15, -0.1) is 0 Å². The molecule has 110 valence electrons. The number of non-ortho nitro benzene ring substituents is 1. The van der Waals surface area contributed by atoms with Crippen molar-refractivity contribution in [2.75, 3.05) is 24.3 Å². The van der Waals surface area contributed by atoms with Gasteiger partial charge in [0.15, 0.2) is 0 Å². The molecule has 0 fully saturated rings. The lowest BCUT2D eigenvalue weighted by Gasteiger charge is -2.13. The van der Waals surface area contributed by atoms with E-state index < -0.39 is 10.7 Å². The fourth-order valence-electron chi connectivity index (χ4n) is 1.92. The number of nitrogens with zero attached hydrogens (tertiary/aromatic N) is 2. The zero-order chi connectivity index (χ0) is 15.4. The van der Waals surface area contributed by atoms with Crippen LogP contribution in [0.3, 0.4) is 0 Å². The first-order chi connectivity index (χ1) is 9.95. The first kappa shape index (κ1) is 14.8. The molecule has 6 heteroatoms. The van der Waals surface area contributed by atoms with Gasteiger partial charge in [0.2, 0.25) is 0 Å². The molecule has 0 heterocycles. The van der Waals surface area contributed by atoms with Crippen LogP contribution in [0.2, 0.25) is 0 Å². The first-order valence-corrected chi connectivity index (χ1v) is 6.41. The Morgan fingerprint density at radius 2 is 1.86 bits per heavy atom. The maximum atomic E-state index is 13.3. The average Bonchev–Trinajstić information content (AvgIpc) is 2.45. The van der Waals surface area contributed by atoms with Crippen LogP contribution in [0.5, 0.6) is 0 Å². The quantitative estimate of drug-likeness (QED) is 0.677. The summed E-state index contributed by atoms with van der Waals surface area (Å²) in [7, 11) is 3.91. The van der Waals surface area contributed by atoms with Gasteiger partial charge in [0.25, 0.3) is 5.69 Å². The van der Waals surface area contributed by atoms with Gasteiger partial charge >= 0.3 is 0 Å². The highest BCUT2D eigenvalue weighted by Crippen LogP contribution is 2.19. The Labute approximate surface area is 122 Å². The van der Waals surface area contributed by atoms with Crippen molar-refractivity contribution in [3.63, 3.8) is 0 Å². The van der Waals surface area contributed by atoms with Crippen molar-refractivity contribution in [2.45, 2.75) is 6.54 Å². The van der Waals surface area contributed by atoms with Gasteiger partial charge in [-0.05, 0) is 35.9 Å². The highest BCUT2D eigenvalue weighted by Gasteiger charge is 2.09. The number of nitrogens with one attached hydrogen (secondary N) is 1. The van der Waals surface area contributed by atoms with E-state index in [1.807, 2.05) is 43.3 Å². The Morgan fingerprint density at radius 1 is 1.19 bits per heavy atom. The minimum absolute atomic E-state index is 0.241. The first-order valence-electron chi connectivity index (χ1n) is 6.41. The van der Waals surface area contributed by atoms with Gasteiger partial charge in [0.05, 0.1) is 11.0 Å². The summed E-state index contributed by atoms with van der Waals surface area (Å²) in [5, 5.41) is 13.8. The highest BCUT2D eigenvalue weighted by molar-refractivity contribution is 5.54. The smallest absolute Gasteiger partial charge is 0.272 e. The van der Waals surface area contributed by atoms with E-state index in [0.29, 0.717) is 12.1 Å². The predicted octanol–water partition coefficient (Wildman–Crippen LogP) is 3.41. The second kappa shape index (κ2) is 6.21. The summed E-state index contributed by atoms with van der Waals surface area (Å²) < 4.78 is 13.3. The monoisotopic (exact) mass is 289 g/mol. The number of nitro benzene ring substituents is 1. The van der Waals surface area contributed by atoms with Gasteiger partial charge in [0, 0.05) is 38.1 Å². The Balaban J connectivity index is 2.07. The maximum Gasteiger partial charge on any atom is 0.272 e. The van der Waals surface area contributed by atoms with Gasteiger partial charge < -0.3 is 10.2 Å². The zero-order valence-electron chi connectivity index (χ0n) is 11.8. The minimum Gasteiger partial charge on any atom is -0.381 e. The summed E-state index contributed by atoms with van der Waals surface area (Å²) in [6.45, 7) is 0.319. The molecule has 0 saturated heterocycles. The molecule has 0 unspecified atom stereocenters. The lowest BCUT2D eigenvalue weighted by atomic mass is 10.2. The largest absolute Gasteiger partial charge is 0.381 e. The van der Waals surface area contributed by atoms with Crippen molar-refractivity contribution in [1.82, 2.24) is 0 Å². The van der Waals surface area contributed by atoms with Gasteiger partial charge in [-0.3, -0.25) is 10.1 Å². The summed E-state index contributed by atoms with van der Waals surface area (Å²) in [6, 6.07) is 11.3. The summed E-state index contributed by atoms with van der Waals surface area (Å²) in [4.78, 5) is 12.1. The Bertz CT molecular complexity index is 642. The molecule has 5 nitrogen and oxygen atoms in total. The molecule has 0 amide bonds. The van der Waals surface area contributed by atoms with E-state index in [1.54, 1.807) is 0 Å². The predicted molar refractivity (Wildman–Crippen MR) is 81.2 cm³/mol. The van der Waals surface area contributed by atoms with E-state index in [-0.39, 0.29) is 5.69 Å². The fourth-order valence-corrected chi connectivity index (χ4v) is 1.92. The van der Waals surface area contributed by atoms with Gasteiger partial charge in [-0.25, -0.2) is 4.39 Å². The SMILES string of the molecule is CN(C)c1ccc(NCc2cc(F)cc([N+](=O)[O-])c2)cc1. The number of hydrogen-bond donors (Lipinski definition) is 1. The molecule has 0 aliphatic heterocycles. The second-order valence-corrected chi connectivity index (χ2v) is 4.87. The molecule has 0 aliphatic carbocycles. The molecule has 2 aromatic rings. The summed E-state index contributed by atoms with van der Waals surface area (Å²) in [5.74, 6) is -0.607. The maximum absolute atomic E-state index is 13.3. The van der Waals surface area contributed by atoms with Gasteiger partial charge in [0.1, 0.15) is 5.82 Å². The molecule has 0 aliphatic rings. The van der Waals surface area contributed by atoms with Crippen LogP contribution < -0.4 is 10.2 Å². The minimum atomic E-state index is -0.607. The highest BCUT2D eigenvalue weighted by atomic mass is 19.1. The van der Waals surface area contributed by atoms with Gasteiger partial charge in [-0.2, -0.15) is 0 Å². The molecule has 1 N–H and O–H groups in total. The number of nitro groups is 1. The van der Waals surface area contributed by atoms with Crippen molar-refractivity contribution in [3.8, 4) is 0 Å². The van der Waals surface area contributed by atoms with E-state index in [4.69, 9.17) is 0 Å². The number of anilines is 2. The van der Waals surface area contributed by atoms with Crippen LogP contribution in [0.15, 0.2) is 42.5 Å². The van der Waals surface area contributed by atoms with Crippen molar-refractivity contribution >= 4 is 17.1 Å². The second-order valence-electron chi connectivity index (χ2n) is 4.87. The third-order valence-corrected chi connectivity index (χ3v) is 3.03. The molecule has 0 aromatic heterocycles. The van der Waals surface area contributed by atoms with E-state index in [1.165, 1.54) is 12.1 Å². The van der Waals surface area contributed by atoms with Crippen LogP contribution >= 0.6 is 0 Å².